The number of hydrogen-bond acceptors (Lipinski definition) is 4. The van der Waals surface area contributed by atoms with Crippen LogP contribution in [0.5, 0.6) is 0 Å². The van der Waals surface area contributed by atoms with E-state index < -0.39 is 8.32 Å². The number of carbonyl (C=O) groups excluding carboxylic acids is 1. The molecular weight excluding hydrogens is 264 g/mol. The average Bonchev–Trinajstić information content (AvgIpc) is 2.60. The number of nitrogens with one attached hydrogen (secondary N) is 1. The summed E-state index contributed by atoms with van der Waals surface area (Å²) < 4.78 is 6.09. The molecule has 0 fully saturated rings. The van der Waals surface area contributed by atoms with Crippen LogP contribution in [-0.2, 0) is 15.8 Å². The van der Waals surface area contributed by atoms with Crippen molar-refractivity contribution in [1.82, 2.24) is 4.98 Å². The lowest BCUT2D eigenvalue weighted by molar-refractivity contribution is -0.114. The summed E-state index contributed by atoms with van der Waals surface area (Å²) in [5, 5.41) is 3.52. The highest BCUT2D eigenvalue weighted by atomic mass is 32.1. The first-order valence-corrected chi connectivity index (χ1v) is 9.70. The highest BCUT2D eigenvalue weighted by Crippen LogP contribution is 2.37. The number of hydrogen-bond donors (Lipinski definition) is 1. The molecular formula is C12H22N2O2SSi. The van der Waals surface area contributed by atoms with Crippen molar-refractivity contribution in [1.29, 1.82) is 0 Å². The Hall–Kier alpha value is -0.723. The molecule has 102 valence electrons. The molecule has 0 aromatic carbocycles. The van der Waals surface area contributed by atoms with E-state index in [1.54, 1.807) is 6.20 Å². The van der Waals surface area contributed by atoms with E-state index in [0.29, 0.717) is 11.7 Å². The van der Waals surface area contributed by atoms with Gasteiger partial charge in [0.15, 0.2) is 13.4 Å². The van der Waals surface area contributed by atoms with Gasteiger partial charge in [-0.1, -0.05) is 32.1 Å². The van der Waals surface area contributed by atoms with E-state index in [2.05, 4.69) is 44.2 Å². The van der Waals surface area contributed by atoms with Crippen molar-refractivity contribution in [3.05, 3.63) is 11.1 Å². The van der Waals surface area contributed by atoms with E-state index in [-0.39, 0.29) is 10.9 Å². The molecule has 0 aliphatic rings. The fraction of sp³-hybridized carbons (Fsp3) is 0.667. The quantitative estimate of drug-likeness (QED) is 0.860. The SMILES string of the molecule is CC(=O)Nc1ncc(CO[Si](C)(C)C(C)(C)C)s1. The van der Waals surface area contributed by atoms with Gasteiger partial charge in [-0.05, 0) is 18.1 Å². The van der Waals surface area contributed by atoms with Gasteiger partial charge < -0.3 is 9.74 Å². The van der Waals surface area contributed by atoms with Gasteiger partial charge in [0.25, 0.3) is 0 Å². The Kier molecular flexibility index (Phi) is 4.69. The maximum absolute atomic E-state index is 10.9. The van der Waals surface area contributed by atoms with Crippen LogP contribution in [0.4, 0.5) is 5.13 Å². The fourth-order valence-corrected chi connectivity index (χ4v) is 2.88. The molecule has 1 rings (SSSR count). The van der Waals surface area contributed by atoms with Gasteiger partial charge in [0.05, 0.1) is 11.5 Å². The van der Waals surface area contributed by atoms with Crippen molar-refractivity contribution in [3.8, 4) is 0 Å². The summed E-state index contributed by atoms with van der Waals surface area (Å²) in [6.07, 6.45) is 1.77. The minimum absolute atomic E-state index is 0.0961. The molecule has 0 radical (unpaired) electrons. The number of anilines is 1. The number of amides is 1. The lowest BCUT2D eigenvalue weighted by Gasteiger charge is -2.35. The molecule has 1 amide bonds. The van der Waals surface area contributed by atoms with Gasteiger partial charge in [-0.15, -0.1) is 0 Å². The maximum Gasteiger partial charge on any atom is 0.223 e. The highest BCUT2D eigenvalue weighted by molar-refractivity contribution is 7.15. The molecule has 6 heteroatoms. The Morgan fingerprint density at radius 1 is 1.50 bits per heavy atom. The summed E-state index contributed by atoms with van der Waals surface area (Å²) in [5.74, 6) is -0.0961. The van der Waals surface area contributed by atoms with Gasteiger partial charge in [0.1, 0.15) is 0 Å². The molecule has 1 aromatic heterocycles. The largest absolute Gasteiger partial charge is 0.412 e. The van der Waals surface area contributed by atoms with Gasteiger partial charge in [-0.3, -0.25) is 4.79 Å². The zero-order valence-electron chi connectivity index (χ0n) is 12.0. The summed E-state index contributed by atoms with van der Waals surface area (Å²) in [4.78, 5) is 16.1. The fourth-order valence-electron chi connectivity index (χ4n) is 1.05. The molecule has 0 atom stereocenters. The molecule has 1 aromatic rings. The van der Waals surface area contributed by atoms with Crippen molar-refractivity contribution in [2.75, 3.05) is 5.32 Å². The Labute approximate surface area is 114 Å². The number of rotatable bonds is 4. The van der Waals surface area contributed by atoms with Gasteiger partial charge in [0, 0.05) is 13.1 Å². The normalized spacial score (nSPS) is 12.6. The van der Waals surface area contributed by atoms with Crippen molar-refractivity contribution < 1.29 is 9.22 Å². The molecule has 18 heavy (non-hydrogen) atoms. The molecule has 0 aliphatic carbocycles. The second-order valence-electron chi connectivity index (χ2n) is 5.86. The average molecular weight is 286 g/mol. The first-order valence-electron chi connectivity index (χ1n) is 5.98. The van der Waals surface area contributed by atoms with E-state index in [4.69, 9.17) is 4.43 Å². The minimum Gasteiger partial charge on any atom is -0.412 e. The lowest BCUT2D eigenvalue weighted by Crippen LogP contribution is -2.40. The van der Waals surface area contributed by atoms with Gasteiger partial charge in [-0.2, -0.15) is 0 Å². The number of carbonyl (C=O) groups is 1. The van der Waals surface area contributed by atoms with Crippen LogP contribution < -0.4 is 5.32 Å². The van der Waals surface area contributed by atoms with Crippen LogP contribution in [0.25, 0.3) is 0 Å². The van der Waals surface area contributed by atoms with E-state index in [1.165, 1.54) is 18.3 Å². The minimum atomic E-state index is -1.72. The maximum atomic E-state index is 10.9. The standard InChI is InChI=1S/C12H22N2O2SSi/c1-9(15)14-11-13-7-10(17-11)8-16-18(5,6)12(2,3)4/h7H,8H2,1-6H3,(H,13,14,15). The van der Waals surface area contributed by atoms with E-state index in [1.807, 2.05) is 0 Å². The molecule has 1 N–H and O–H groups in total. The van der Waals surface area contributed by atoms with Gasteiger partial charge in [0.2, 0.25) is 5.91 Å². The number of nitrogens with zero attached hydrogens (tertiary/aromatic N) is 1. The summed E-state index contributed by atoms with van der Waals surface area (Å²) in [6.45, 7) is 13.2. The molecule has 1 heterocycles. The smallest absolute Gasteiger partial charge is 0.223 e. The highest BCUT2D eigenvalue weighted by Gasteiger charge is 2.37. The topological polar surface area (TPSA) is 51.2 Å². The zero-order valence-corrected chi connectivity index (χ0v) is 13.8. The molecule has 0 saturated carbocycles. The number of aromatic nitrogens is 1. The Bertz CT molecular complexity index is 424. The lowest BCUT2D eigenvalue weighted by atomic mass is 10.2. The monoisotopic (exact) mass is 286 g/mol. The third-order valence-electron chi connectivity index (χ3n) is 3.22. The zero-order chi connectivity index (χ0) is 14.0. The summed E-state index contributed by atoms with van der Waals surface area (Å²) in [5.41, 5.74) is 0. The third-order valence-corrected chi connectivity index (χ3v) is 8.58. The molecule has 4 nitrogen and oxygen atoms in total. The van der Waals surface area contributed by atoms with Gasteiger partial charge in [-0.25, -0.2) is 4.98 Å². The van der Waals surface area contributed by atoms with E-state index in [9.17, 15) is 4.79 Å². The van der Waals surface area contributed by atoms with E-state index >= 15 is 0 Å². The number of thiazole rings is 1. The molecule has 0 bridgehead atoms. The predicted octanol–water partition coefficient (Wildman–Crippen LogP) is 3.62. The summed E-state index contributed by atoms with van der Waals surface area (Å²) in [6, 6.07) is 0. The third kappa shape index (κ3) is 4.19. The predicted molar refractivity (Wildman–Crippen MR) is 78.4 cm³/mol. The first-order chi connectivity index (χ1) is 8.12. The van der Waals surface area contributed by atoms with Crippen molar-refractivity contribution >= 4 is 30.7 Å². The van der Waals surface area contributed by atoms with Crippen molar-refractivity contribution in [2.24, 2.45) is 0 Å². The molecule has 0 saturated heterocycles. The van der Waals surface area contributed by atoms with E-state index in [0.717, 1.165) is 4.88 Å². The second-order valence-corrected chi connectivity index (χ2v) is 11.8. The summed E-state index contributed by atoms with van der Waals surface area (Å²) in [7, 11) is -1.72. The van der Waals surface area contributed by atoms with Gasteiger partial charge >= 0.3 is 0 Å². The van der Waals surface area contributed by atoms with Crippen LogP contribution in [0.2, 0.25) is 18.1 Å². The Morgan fingerprint density at radius 3 is 2.61 bits per heavy atom. The van der Waals surface area contributed by atoms with Crippen LogP contribution in [-0.4, -0.2) is 19.2 Å². The Morgan fingerprint density at radius 2 is 2.11 bits per heavy atom. The molecule has 0 spiro atoms. The molecule has 0 unspecified atom stereocenters. The van der Waals surface area contributed by atoms with Crippen molar-refractivity contribution in [3.63, 3.8) is 0 Å². The van der Waals surface area contributed by atoms with Crippen LogP contribution >= 0.6 is 11.3 Å². The van der Waals surface area contributed by atoms with Crippen LogP contribution in [0.15, 0.2) is 6.20 Å². The van der Waals surface area contributed by atoms with Crippen molar-refractivity contribution in [2.45, 2.75) is 52.4 Å². The van der Waals surface area contributed by atoms with Crippen LogP contribution in [0.1, 0.15) is 32.6 Å². The Balaban J connectivity index is 2.59. The summed E-state index contributed by atoms with van der Waals surface area (Å²) >= 11 is 1.47. The van der Waals surface area contributed by atoms with Crippen LogP contribution in [0, 0.1) is 0 Å². The molecule has 0 aliphatic heterocycles. The first kappa shape index (κ1) is 15.3. The second kappa shape index (κ2) is 5.50. The van der Waals surface area contributed by atoms with Crippen LogP contribution in [0.3, 0.4) is 0 Å².